The number of anilines is 1. The number of carbonyl (C=O) groups excluding carboxylic acids is 1. The first-order valence-corrected chi connectivity index (χ1v) is 7.42. The smallest absolute Gasteiger partial charge is 0.266 e. The van der Waals surface area contributed by atoms with E-state index in [1.807, 2.05) is 11.8 Å². The van der Waals surface area contributed by atoms with Crippen LogP contribution < -0.4 is 10.9 Å². The van der Waals surface area contributed by atoms with Gasteiger partial charge in [0.25, 0.3) is 5.56 Å². The quantitative estimate of drug-likeness (QED) is 0.854. The Hall–Kier alpha value is -2.61. The Labute approximate surface area is 133 Å². The van der Waals surface area contributed by atoms with Crippen molar-refractivity contribution >= 4 is 11.9 Å². The molecule has 1 aliphatic rings. The van der Waals surface area contributed by atoms with Gasteiger partial charge in [0.2, 0.25) is 11.9 Å². The molecule has 0 fully saturated rings. The SMILES string of the molecule is CC(C(=O)Nc1ncccn1)N1CCc2nn(C)c(=O)cc2C1. The highest BCUT2D eigenvalue weighted by Gasteiger charge is 2.26. The third-order valence-corrected chi connectivity index (χ3v) is 4.00. The molecular weight excluding hydrogens is 296 g/mol. The summed E-state index contributed by atoms with van der Waals surface area (Å²) in [6.45, 7) is 3.07. The van der Waals surface area contributed by atoms with Gasteiger partial charge in [0.1, 0.15) is 0 Å². The van der Waals surface area contributed by atoms with Crippen molar-refractivity contribution in [3.63, 3.8) is 0 Å². The van der Waals surface area contributed by atoms with Gasteiger partial charge < -0.3 is 0 Å². The fourth-order valence-electron chi connectivity index (χ4n) is 2.59. The summed E-state index contributed by atoms with van der Waals surface area (Å²) in [5.41, 5.74) is 1.66. The van der Waals surface area contributed by atoms with Crippen LogP contribution in [0.3, 0.4) is 0 Å². The van der Waals surface area contributed by atoms with Crippen LogP contribution >= 0.6 is 0 Å². The van der Waals surface area contributed by atoms with E-state index in [2.05, 4.69) is 20.4 Å². The Kier molecular flexibility index (Phi) is 4.16. The minimum Gasteiger partial charge on any atom is -0.293 e. The summed E-state index contributed by atoms with van der Waals surface area (Å²) < 4.78 is 1.34. The van der Waals surface area contributed by atoms with Gasteiger partial charge in [-0.2, -0.15) is 5.10 Å². The van der Waals surface area contributed by atoms with Gasteiger partial charge >= 0.3 is 0 Å². The number of fused-ring (bicyclic) bond motifs is 1. The molecule has 2 aromatic heterocycles. The Bertz CT molecular complexity index is 773. The maximum Gasteiger partial charge on any atom is 0.266 e. The highest BCUT2D eigenvalue weighted by molar-refractivity contribution is 5.93. The van der Waals surface area contributed by atoms with E-state index >= 15 is 0 Å². The molecule has 0 radical (unpaired) electrons. The Balaban J connectivity index is 1.71. The molecular formula is C15H18N6O2. The lowest BCUT2D eigenvalue weighted by molar-refractivity contribution is -0.121. The van der Waals surface area contributed by atoms with Crippen LogP contribution in [0, 0.1) is 0 Å². The molecule has 0 spiro atoms. The molecule has 0 bridgehead atoms. The molecule has 0 saturated heterocycles. The summed E-state index contributed by atoms with van der Waals surface area (Å²) in [5.74, 6) is 0.119. The first kappa shape index (κ1) is 15.3. The number of amides is 1. The van der Waals surface area contributed by atoms with Gasteiger partial charge in [-0.25, -0.2) is 14.6 Å². The first-order chi connectivity index (χ1) is 11.0. The fraction of sp³-hybridized carbons (Fsp3) is 0.400. The molecule has 3 rings (SSSR count). The van der Waals surface area contributed by atoms with Gasteiger partial charge in [-0.1, -0.05) is 0 Å². The number of rotatable bonds is 3. The van der Waals surface area contributed by atoms with E-state index in [4.69, 9.17) is 0 Å². The number of carbonyl (C=O) groups is 1. The van der Waals surface area contributed by atoms with Crippen molar-refractivity contribution in [3.8, 4) is 0 Å². The zero-order chi connectivity index (χ0) is 16.4. The lowest BCUT2D eigenvalue weighted by Crippen LogP contribution is -2.45. The first-order valence-electron chi connectivity index (χ1n) is 7.42. The molecule has 1 unspecified atom stereocenters. The van der Waals surface area contributed by atoms with E-state index < -0.39 is 0 Å². The number of aromatic nitrogens is 4. The van der Waals surface area contributed by atoms with Crippen molar-refractivity contribution < 1.29 is 4.79 Å². The highest BCUT2D eigenvalue weighted by Crippen LogP contribution is 2.17. The Morgan fingerprint density at radius 2 is 2.09 bits per heavy atom. The summed E-state index contributed by atoms with van der Waals surface area (Å²) in [4.78, 5) is 34.1. The van der Waals surface area contributed by atoms with Crippen LogP contribution in [0.2, 0.25) is 0 Å². The number of aryl methyl sites for hydroxylation is 1. The monoisotopic (exact) mass is 314 g/mol. The summed E-state index contributed by atoms with van der Waals surface area (Å²) in [6, 6.07) is 2.93. The normalized spacial score (nSPS) is 15.7. The van der Waals surface area contributed by atoms with E-state index in [-0.39, 0.29) is 23.5 Å². The van der Waals surface area contributed by atoms with E-state index in [1.54, 1.807) is 31.6 Å². The van der Waals surface area contributed by atoms with Crippen molar-refractivity contribution in [2.75, 3.05) is 11.9 Å². The fourth-order valence-corrected chi connectivity index (χ4v) is 2.59. The summed E-state index contributed by atoms with van der Waals surface area (Å²) in [5, 5.41) is 6.98. The van der Waals surface area contributed by atoms with Crippen LogP contribution in [-0.4, -0.2) is 43.1 Å². The van der Waals surface area contributed by atoms with Crippen LogP contribution in [-0.2, 0) is 24.8 Å². The van der Waals surface area contributed by atoms with Crippen LogP contribution in [0.1, 0.15) is 18.2 Å². The van der Waals surface area contributed by atoms with Gasteiger partial charge in [-0.15, -0.1) is 0 Å². The molecule has 8 nitrogen and oxygen atoms in total. The zero-order valence-electron chi connectivity index (χ0n) is 13.1. The maximum absolute atomic E-state index is 12.3. The number of nitrogens with zero attached hydrogens (tertiary/aromatic N) is 5. The Morgan fingerprint density at radius 1 is 1.35 bits per heavy atom. The van der Waals surface area contributed by atoms with Crippen molar-refractivity contribution in [2.24, 2.45) is 7.05 Å². The zero-order valence-corrected chi connectivity index (χ0v) is 13.1. The van der Waals surface area contributed by atoms with Gasteiger partial charge in [0.15, 0.2) is 0 Å². The summed E-state index contributed by atoms with van der Waals surface area (Å²) in [7, 11) is 1.64. The molecule has 1 aliphatic heterocycles. The average molecular weight is 314 g/mol. The van der Waals surface area contributed by atoms with E-state index in [9.17, 15) is 9.59 Å². The molecule has 0 aromatic carbocycles. The lowest BCUT2D eigenvalue weighted by Gasteiger charge is -2.32. The van der Waals surface area contributed by atoms with Crippen LogP contribution in [0.4, 0.5) is 5.95 Å². The van der Waals surface area contributed by atoms with Gasteiger partial charge in [-0.3, -0.25) is 19.8 Å². The minimum absolute atomic E-state index is 0.139. The van der Waals surface area contributed by atoms with E-state index in [1.165, 1.54) is 4.68 Å². The predicted molar refractivity (Wildman–Crippen MR) is 83.7 cm³/mol. The largest absolute Gasteiger partial charge is 0.293 e. The standard InChI is InChI=1S/C15H18N6O2/c1-10(14(23)18-15-16-5-3-6-17-15)21-7-4-12-11(9-21)8-13(22)20(2)19-12/h3,5-6,8,10H,4,7,9H2,1-2H3,(H,16,17,18,23). The molecule has 3 heterocycles. The number of hydrogen-bond acceptors (Lipinski definition) is 6. The second-order valence-electron chi connectivity index (χ2n) is 5.54. The molecule has 0 aliphatic carbocycles. The topological polar surface area (TPSA) is 93.0 Å². The predicted octanol–water partition coefficient (Wildman–Crippen LogP) is -0.0444. The second kappa shape index (κ2) is 6.25. The van der Waals surface area contributed by atoms with Gasteiger partial charge in [-0.05, 0) is 18.6 Å². The minimum atomic E-state index is -0.351. The molecule has 0 saturated carbocycles. The van der Waals surface area contributed by atoms with E-state index in [0.717, 1.165) is 11.3 Å². The maximum atomic E-state index is 12.3. The van der Waals surface area contributed by atoms with Gasteiger partial charge in [0, 0.05) is 45.0 Å². The molecule has 120 valence electrons. The van der Waals surface area contributed by atoms with Crippen molar-refractivity contribution in [1.29, 1.82) is 0 Å². The van der Waals surface area contributed by atoms with Crippen LogP contribution in [0.15, 0.2) is 29.3 Å². The molecule has 1 N–H and O–H groups in total. The highest BCUT2D eigenvalue weighted by atomic mass is 16.2. The summed E-state index contributed by atoms with van der Waals surface area (Å²) in [6.07, 6.45) is 3.86. The molecule has 23 heavy (non-hydrogen) atoms. The Morgan fingerprint density at radius 3 is 2.83 bits per heavy atom. The number of nitrogens with one attached hydrogen (secondary N) is 1. The average Bonchev–Trinajstić information content (AvgIpc) is 2.55. The van der Waals surface area contributed by atoms with Crippen LogP contribution in [0.5, 0.6) is 0 Å². The lowest BCUT2D eigenvalue weighted by atomic mass is 10.0. The van der Waals surface area contributed by atoms with E-state index in [0.29, 0.717) is 19.5 Å². The van der Waals surface area contributed by atoms with Crippen molar-refractivity contribution in [3.05, 3.63) is 46.1 Å². The summed E-state index contributed by atoms with van der Waals surface area (Å²) >= 11 is 0. The second-order valence-corrected chi connectivity index (χ2v) is 5.54. The molecule has 1 atom stereocenters. The number of hydrogen-bond donors (Lipinski definition) is 1. The van der Waals surface area contributed by atoms with Crippen molar-refractivity contribution in [1.82, 2.24) is 24.6 Å². The van der Waals surface area contributed by atoms with Gasteiger partial charge in [0.05, 0.1) is 11.7 Å². The van der Waals surface area contributed by atoms with Crippen LogP contribution in [0.25, 0.3) is 0 Å². The molecule has 8 heteroatoms. The third-order valence-electron chi connectivity index (χ3n) is 4.00. The molecule has 2 aromatic rings. The van der Waals surface area contributed by atoms with Crippen molar-refractivity contribution in [2.45, 2.75) is 25.9 Å². The third kappa shape index (κ3) is 3.26. The molecule has 1 amide bonds.